The Labute approximate surface area is 116 Å². The molecule has 0 unspecified atom stereocenters. The smallest absolute Gasteiger partial charge is 0.251 e. The lowest BCUT2D eigenvalue weighted by molar-refractivity contribution is -0.190. The number of methoxy groups -OCH3 is 1. The summed E-state index contributed by atoms with van der Waals surface area (Å²) in [6.45, 7) is -0.125. The van der Waals surface area contributed by atoms with Gasteiger partial charge in [0.15, 0.2) is 6.29 Å². The topological polar surface area (TPSA) is 80.3 Å². The average molecular weight is 279 g/mol. The fourth-order valence-electron chi connectivity index (χ4n) is 2.54. The summed E-state index contributed by atoms with van der Waals surface area (Å²) in [6.07, 6.45) is -1.36. The Bertz CT molecular complexity index is 480. The molecule has 6 heteroatoms. The SMILES string of the molecule is CO[C@H]1O[C@@H](CO)[C@H]2O[C@H]2[C@H]1NC(=O)c1ccccc1. The first-order chi connectivity index (χ1) is 9.74. The molecular weight excluding hydrogens is 262 g/mol. The van der Waals surface area contributed by atoms with Crippen molar-refractivity contribution < 1.29 is 24.1 Å². The van der Waals surface area contributed by atoms with E-state index in [1.165, 1.54) is 7.11 Å². The summed E-state index contributed by atoms with van der Waals surface area (Å²) in [5.41, 5.74) is 0.573. The molecule has 3 rings (SSSR count). The number of amides is 1. The van der Waals surface area contributed by atoms with Gasteiger partial charge in [0.1, 0.15) is 24.4 Å². The van der Waals surface area contributed by atoms with E-state index in [0.717, 1.165) is 0 Å². The minimum atomic E-state index is -0.622. The van der Waals surface area contributed by atoms with Gasteiger partial charge in [-0.15, -0.1) is 0 Å². The number of ether oxygens (including phenoxy) is 3. The molecule has 0 aromatic heterocycles. The van der Waals surface area contributed by atoms with Gasteiger partial charge in [0, 0.05) is 12.7 Å². The average Bonchev–Trinajstić information content (AvgIpc) is 3.29. The van der Waals surface area contributed by atoms with E-state index in [1.54, 1.807) is 24.3 Å². The lowest BCUT2D eigenvalue weighted by atomic mass is 10.0. The summed E-state index contributed by atoms with van der Waals surface area (Å²) in [4.78, 5) is 12.2. The molecule has 1 aromatic rings. The van der Waals surface area contributed by atoms with Gasteiger partial charge in [-0.25, -0.2) is 0 Å². The molecule has 1 aromatic carbocycles. The first-order valence-electron chi connectivity index (χ1n) is 6.55. The maximum Gasteiger partial charge on any atom is 0.251 e. The largest absolute Gasteiger partial charge is 0.394 e. The molecule has 0 saturated carbocycles. The molecular formula is C14H17NO5. The second-order valence-corrected chi connectivity index (χ2v) is 4.89. The predicted molar refractivity (Wildman–Crippen MR) is 69.1 cm³/mol. The number of hydrogen-bond donors (Lipinski definition) is 2. The first kappa shape index (κ1) is 13.5. The number of aliphatic hydroxyl groups is 1. The zero-order chi connectivity index (χ0) is 14.1. The van der Waals surface area contributed by atoms with E-state index in [-0.39, 0.29) is 30.8 Å². The van der Waals surface area contributed by atoms with Crippen molar-refractivity contribution in [3.63, 3.8) is 0 Å². The summed E-state index contributed by atoms with van der Waals surface area (Å²) in [6, 6.07) is 8.56. The van der Waals surface area contributed by atoms with Crippen LogP contribution in [0.2, 0.25) is 0 Å². The zero-order valence-electron chi connectivity index (χ0n) is 11.1. The van der Waals surface area contributed by atoms with Gasteiger partial charge < -0.3 is 24.6 Å². The van der Waals surface area contributed by atoms with Crippen LogP contribution >= 0.6 is 0 Å². The van der Waals surface area contributed by atoms with Gasteiger partial charge >= 0.3 is 0 Å². The third-order valence-electron chi connectivity index (χ3n) is 3.63. The van der Waals surface area contributed by atoms with Gasteiger partial charge in [0.25, 0.3) is 5.91 Å². The fraction of sp³-hybridized carbons (Fsp3) is 0.500. The molecule has 0 spiro atoms. The lowest BCUT2D eigenvalue weighted by Gasteiger charge is -2.32. The van der Waals surface area contributed by atoms with E-state index in [1.807, 2.05) is 6.07 Å². The monoisotopic (exact) mass is 279 g/mol. The van der Waals surface area contributed by atoms with Gasteiger partial charge in [0.2, 0.25) is 0 Å². The van der Waals surface area contributed by atoms with Crippen molar-refractivity contribution in [2.24, 2.45) is 0 Å². The highest BCUT2D eigenvalue weighted by molar-refractivity contribution is 5.94. The highest BCUT2D eigenvalue weighted by Crippen LogP contribution is 2.37. The number of benzene rings is 1. The van der Waals surface area contributed by atoms with E-state index in [0.29, 0.717) is 5.56 Å². The number of hydrogen-bond acceptors (Lipinski definition) is 5. The Morgan fingerprint density at radius 3 is 2.70 bits per heavy atom. The molecule has 1 amide bonds. The summed E-state index contributed by atoms with van der Waals surface area (Å²) in [7, 11) is 1.50. The van der Waals surface area contributed by atoms with Crippen LogP contribution in [0, 0.1) is 0 Å². The molecule has 2 aliphatic rings. The number of epoxide rings is 1. The molecule has 2 heterocycles. The Morgan fingerprint density at radius 2 is 2.05 bits per heavy atom. The number of fused-ring (bicyclic) bond motifs is 1. The van der Waals surface area contributed by atoms with Crippen LogP contribution in [0.4, 0.5) is 0 Å². The third-order valence-corrected chi connectivity index (χ3v) is 3.63. The van der Waals surface area contributed by atoms with Crippen LogP contribution < -0.4 is 5.32 Å². The van der Waals surface area contributed by atoms with Crippen molar-refractivity contribution in [3.05, 3.63) is 35.9 Å². The fourth-order valence-corrected chi connectivity index (χ4v) is 2.54. The molecule has 2 aliphatic heterocycles. The molecule has 0 radical (unpaired) electrons. The van der Waals surface area contributed by atoms with Crippen LogP contribution in [0.5, 0.6) is 0 Å². The summed E-state index contributed by atoms with van der Waals surface area (Å²) in [5, 5.41) is 12.1. The Kier molecular flexibility index (Phi) is 3.71. The second kappa shape index (κ2) is 5.49. The van der Waals surface area contributed by atoms with Crippen LogP contribution in [-0.2, 0) is 14.2 Å². The van der Waals surface area contributed by atoms with Crippen molar-refractivity contribution in [2.75, 3.05) is 13.7 Å². The van der Waals surface area contributed by atoms with Crippen LogP contribution in [0.3, 0.4) is 0 Å². The zero-order valence-corrected chi connectivity index (χ0v) is 11.1. The van der Waals surface area contributed by atoms with Crippen molar-refractivity contribution >= 4 is 5.91 Å². The van der Waals surface area contributed by atoms with E-state index < -0.39 is 12.4 Å². The number of carbonyl (C=O) groups excluding carboxylic acids is 1. The number of rotatable bonds is 4. The first-order valence-corrected chi connectivity index (χ1v) is 6.55. The summed E-state index contributed by atoms with van der Waals surface area (Å²) in [5.74, 6) is -0.196. The van der Waals surface area contributed by atoms with E-state index in [9.17, 15) is 9.90 Å². The number of aliphatic hydroxyl groups excluding tert-OH is 1. The lowest BCUT2D eigenvalue weighted by Crippen LogP contribution is -2.55. The van der Waals surface area contributed by atoms with Crippen LogP contribution in [-0.4, -0.2) is 55.4 Å². The molecule has 20 heavy (non-hydrogen) atoms. The highest BCUT2D eigenvalue weighted by atomic mass is 16.7. The molecule has 0 aliphatic carbocycles. The Balaban J connectivity index is 1.69. The van der Waals surface area contributed by atoms with Crippen molar-refractivity contribution in [3.8, 4) is 0 Å². The van der Waals surface area contributed by atoms with Crippen molar-refractivity contribution in [1.82, 2.24) is 5.32 Å². The van der Waals surface area contributed by atoms with Crippen molar-refractivity contribution in [2.45, 2.75) is 30.6 Å². The van der Waals surface area contributed by atoms with Gasteiger partial charge in [-0.3, -0.25) is 4.79 Å². The normalized spacial score (nSPS) is 35.2. The molecule has 5 atom stereocenters. The summed E-state index contributed by atoms with van der Waals surface area (Å²) >= 11 is 0. The molecule has 108 valence electrons. The molecule has 2 N–H and O–H groups in total. The molecule has 2 fully saturated rings. The van der Waals surface area contributed by atoms with Gasteiger partial charge in [0.05, 0.1) is 6.61 Å². The Hall–Kier alpha value is -1.47. The van der Waals surface area contributed by atoms with Crippen LogP contribution in [0.1, 0.15) is 10.4 Å². The molecule has 0 bridgehead atoms. The maximum atomic E-state index is 12.2. The number of nitrogens with one attached hydrogen (secondary N) is 1. The highest BCUT2D eigenvalue weighted by Gasteiger charge is 2.58. The molecule has 2 saturated heterocycles. The minimum Gasteiger partial charge on any atom is -0.394 e. The second-order valence-electron chi connectivity index (χ2n) is 4.89. The van der Waals surface area contributed by atoms with E-state index in [4.69, 9.17) is 14.2 Å². The maximum absolute atomic E-state index is 12.2. The standard InChI is InChI=1S/C14H17NO5/c1-18-14-10(12-11(20-12)9(7-16)19-14)15-13(17)8-5-3-2-4-6-8/h2-6,9-12,14,16H,7H2,1H3,(H,15,17)/t9-,10+,11+,12-,14-/m0/s1. The minimum absolute atomic E-state index is 0.125. The molecule has 6 nitrogen and oxygen atoms in total. The van der Waals surface area contributed by atoms with Crippen LogP contribution in [0.15, 0.2) is 30.3 Å². The summed E-state index contributed by atoms with van der Waals surface area (Å²) < 4.78 is 16.3. The van der Waals surface area contributed by atoms with Gasteiger partial charge in [-0.05, 0) is 12.1 Å². The van der Waals surface area contributed by atoms with Crippen molar-refractivity contribution in [1.29, 1.82) is 0 Å². The quantitative estimate of drug-likeness (QED) is 0.753. The third kappa shape index (κ3) is 2.43. The Morgan fingerprint density at radius 1 is 1.30 bits per heavy atom. The number of carbonyl (C=O) groups is 1. The van der Waals surface area contributed by atoms with Crippen LogP contribution in [0.25, 0.3) is 0 Å². The van der Waals surface area contributed by atoms with E-state index in [2.05, 4.69) is 5.32 Å². The van der Waals surface area contributed by atoms with Gasteiger partial charge in [-0.2, -0.15) is 0 Å². The van der Waals surface area contributed by atoms with E-state index >= 15 is 0 Å². The predicted octanol–water partition coefficient (Wildman–Crippen LogP) is -0.0840. The van der Waals surface area contributed by atoms with Gasteiger partial charge in [-0.1, -0.05) is 18.2 Å².